The number of hydrogen-bond donors (Lipinski definition) is 0. The summed E-state index contributed by atoms with van der Waals surface area (Å²) in [7, 11) is -2.21. The molecular weight excluding hydrogens is 342 g/mol. The fourth-order valence-electron chi connectivity index (χ4n) is 2.35. The van der Waals surface area contributed by atoms with E-state index in [1.807, 2.05) is 6.92 Å². The molecule has 0 aliphatic rings. The van der Waals surface area contributed by atoms with E-state index in [4.69, 9.17) is 4.74 Å². The summed E-state index contributed by atoms with van der Waals surface area (Å²) in [6, 6.07) is 13.6. The molecule has 0 bridgehead atoms. The van der Waals surface area contributed by atoms with Crippen LogP contribution in [0.2, 0.25) is 0 Å². The number of nitrogens with zero attached hydrogens (tertiary/aromatic N) is 1. The molecule has 0 spiro atoms. The Bertz CT molecular complexity index is 831. The summed E-state index contributed by atoms with van der Waals surface area (Å²) in [6.07, 6.45) is 1.15. The molecule has 0 heterocycles. The summed E-state index contributed by atoms with van der Waals surface area (Å²) in [5.74, 6) is 0.0646. The molecule has 0 saturated heterocycles. The van der Waals surface area contributed by atoms with Crippen LogP contribution in [-0.2, 0) is 21.3 Å². The Morgan fingerprint density at radius 1 is 1.08 bits per heavy atom. The Balaban J connectivity index is 2.36. The number of carbonyl (C=O) groups is 1. The van der Waals surface area contributed by atoms with E-state index in [9.17, 15) is 13.2 Å². The van der Waals surface area contributed by atoms with Gasteiger partial charge in [0.15, 0.2) is 0 Å². The van der Waals surface area contributed by atoms with Gasteiger partial charge in [-0.05, 0) is 36.8 Å². The second-order valence-corrected chi connectivity index (χ2v) is 7.27. The van der Waals surface area contributed by atoms with E-state index in [2.05, 4.69) is 4.74 Å². The number of methoxy groups -OCH3 is 1. The summed E-state index contributed by atoms with van der Waals surface area (Å²) < 4.78 is 36.1. The molecule has 0 fully saturated rings. The summed E-state index contributed by atoms with van der Waals surface area (Å²) in [4.78, 5) is 11.5. The van der Waals surface area contributed by atoms with Gasteiger partial charge < -0.3 is 9.47 Å². The van der Waals surface area contributed by atoms with E-state index in [0.717, 1.165) is 11.8 Å². The SMILES string of the molecule is CCOc1ccccc1N(Cc1ccc(C(=O)OC)cc1)S(C)(=O)=O. The molecule has 7 heteroatoms. The number of sulfonamides is 1. The van der Waals surface area contributed by atoms with Crippen LogP contribution in [0.5, 0.6) is 5.75 Å². The zero-order valence-corrected chi connectivity index (χ0v) is 15.2. The van der Waals surface area contributed by atoms with Crippen molar-refractivity contribution < 1.29 is 22.7 Å². The lowest BCUT2D eigenvalue weighted by atomic mass is 10.1. The maximum Gasteiger partial charge on any atom is 0.337 e. The predicted molar refractivity (Wildman–Crippen MR) is 96.4 cm³/mol. The van der Waals surface area contributed by atoms with Crippen LogP contribution >= 0.6 is 0 Å². The largest absolute Gasteiger partial charge is 0.492 e. The van der Waals surface area contributed by atoms with Crippen molar-refractivity contribution in [3.8, 4) is 5.75 Å². The van der Waals surface area contributed by atoms with Crippen molar-refractivity contribution >= 4 is 21.7 Å². The Labute approximate surface area is 148 Å². The predicted octanol–water partition coefficient (Wildman–Crippen LogP) is 2.84. The summed E-state index contributed by atoms with van der Waals surface area (Å²) in [5, 5.41) is 0. The van der Waals surface area contributed by atoms with E-state index >= 15 is 0 Å². The van der Waals surface area contributed by atoms with Gasteiger partial charge in [-0.1, -0.05) is 24.3 Å². The molecular formula is C18H21NO5S. The summed E-state index contributed by atoms with van der Waals surface area (Å²) >= 11 is 0. The second-order valence-electron chi connectivity index (χ2n) is 5.36. The number of carbonyl (C=O) groups excluding carboxylic acids is 1. The maximum absolute atomic E-state index is 12.3. The molecule has 0 amide bonds. The molecule has 0 N–H and O–H groups in total. The minimum Gasteiger partial charge on any atom is -0.492 e. The third-order valence-electron chi connectivity index (χ3n) is 3.54. The molecule has 0 unspecified atom stereocenters. The molecule has 0 radical (unpaired) electrons. The van der Waals surface area contributed by atoms with Crippen LogP contribution in [0.1, 0.15) is 22.8 Å². The standard InChI is InChI=1S/C18H21NO5S/c1-4-24-17-8-6-5-7-16(17)19(25(3,21)22)13-14-9-11-15(12-10-14)18(20)23-2/h5-12H,4,13H2,1-3H3. The van der Waals surface area contributed by atoms with Crippen LogP contribution in [0, 0.1) is 0 Å². The van der Waals surface area contributed by atoms with Crippen molar-refractivity contribution in [1.29, 1.82) is 0 Å². The third kappa shape index (κ3) is 4.73. The zero-order valence-electron chi connectivity index (χ0n) is 14.4. The number of hydrogen-bond acceptors (Lipinski definition) is 5. The Hall–Kier alpha value is -2.54. The first-order chi connectivity index (χ1) is 11.9. The van der Waals surface area contributed by atoms with Gasteiger partial charge in [-0.2, -0.15) is 0 Å². The molecule has 2 aromatic rings. The fraction of sp³-hybridized carbons (Fsp3) is 0.278. The molecule has 25 heavy (non-hydrogen) atoms. The van der Waals surface area contributed by atoms with Gasteiger partial charge in [0.1, 0.15) is 5.75 Å². The van der Waals surface area contributed by atoms with E-state index < -0.39 is 16.0 Å². The van der Waals surface area contributed by atoms with Crippen molar-refractivity contribution in [2.75, 3.05) is 24.3 Å². The maximum atomic E-state index is 12.3. The van der Waals surface area contributed by atoms with E-state index in [1.165, 1.54) is 11.4 Å². The molecule has 6 nitrogen and oxygen atoms in total. The van der Waals surface area contributed by atoms with Crippen molar-refractivity contribution in [2.24, 2.45) is 0 Å². The molecule has 0 aromatic heterocycles. The van der Waals surface area contributed by atoms with Crippen LogP contribution < -0.4 is 9.04 Å². The quantitative estimate of drug-likeness (QED) is 0.707. The first kappa shape index (κ1) is 18.8. The molecule has 2 aromatic carbocycles. The number of para-hydroxylation sites is 2. The molecule has 2 rings (SSSR count). The molecule has 0 aliphatic heterocycles. The molecule has 134 valence electrons. The number of ether oxygens (including phenoxy) is 2. The summed E-state index contributed by atoms with van der Waals surface area (Å²) in [5.41, 5.74) is 1.63. The highest BCUT2D eigenvalue weighted by molar-refractivity contribution is 7.92. The lowest BCUT2D eigenvalue weighted by Gasteiger charge is -2.24. The average Bonchev–Trinajstić information content (AvgIpc) is 2.59. The highest BCUT2D eigenvalue weighted by atomic mass is 32.2. The van der Waals surface area contributed by atoms with Crippen molar-refractivity contribution in [3.63, 3.8) is 0 Å². The highest BCUT2D eigenvalue weighted by Gasteiger charge is 2.21. The first-order valence-electron chi connectivity index (χ1n) is 7.73. The van der Waals surface area contributed by atoms with Crippen molar-refractivity contribution in [2.45, 2.75) is 13.5 Å². The van der Waals surface area contributed by atoms with Gasteiger partial charge in [0.05, 0.1) is 37.8 Å². The molecule has 0 atom stereocenters. The topological polar surface area (TPSA) is 72.9 Å². The van der Waals surface area contributed by atoms with Crippen molar-refractivity contribution in [1.82, 2.24) is 0 Å². The van der Waals surface area contributed by atoms with Gasteiger partial charge >= 0.3 is 5.97 Å². The second kappa shape index (κ2) is 8.02. The Morgan fingerprint density at radius 2 is 1.72 bits per heavy atom. The van der Waals surface area contributed by atoms with Crippen molar-refractivity contribution in [3.05, 3.63) is 59.7 Å². The van der Waals surface area contributed by atoms with E-state index in [-0.39, 0.29) is 6.54 Å². The smallest absolute Gasteiger partial charge is 0.337 e. The van der Waals surface area contributed by atoms with Gasteiger partial charge in [0.25, 0.3) is 0 Å². The van der Waals surface area contributed by atoms with Crippen LogP contribution in [-0.4, -0.2) is 34.4 Å². The number of benzene rings is 2. The van der Waals surface area contributed by atoms with Gasteiger partial charge in [-0.25, -0.2) is 13.2 Å². The number of esters is 1. The van der Waals surface area contributed by atoms with Crippen LogP contribution in [0.4, 0.5) is 5.69 Å². The molecule has 0 aliphatic carbocycles. The Morgan fingerprint density at radius 3 is 2.28 bits per heavy atom. The Kier molecular flexibility index (Phi) is 6.03. The minimum atomic E-state index is -3.53. The van der Waals surface area contributed by atoms with Gasteiger partial charge in [-0.3, -0.25) is 4.31 Å². The zero-order chi connectivity index (χ0) is 18.4. The van der Waals surface area contributed by atoms with E-state index in [0.29, 0.717) is 23.6 Å². The monoisotopic (exact) mass is 363 g/mol. The summed E-state index contributed by atoms with van der Waals surface area (Å²) in [6.45, 7) is 2.40. The van der Waals surface area contributed by atoms with Crippen LogP contribution in [0.25, 0.3) is 0 Å². The van der Waals surface area contributed by atoms with Gasteiger partial charge in [0, 0.05) is 0 Å². The average molecular weight is 363 g/mol. The fourth-order valence-corrected chi connectivity index (χ4v) is 3.24. The number of anilines is 1. The third-order valence-corrected chi connectivity index (χ3v) is 4.66. The minimum absolute atomic E-state index is 0.129. The van der Waals surface area contributed by atoms with Crippen LogP contribution in [0.3, 0.4) is 0 Å². The highest BCUT2D eigenvalue weighted by Crippen LogP contribution is 2.31. The first-order valence-corrected chi connectivity index (χ1v) is 9.58. The normalized spacial score (nSPS) is 11.0. The number of rotatable bonds is 7. The molecule has 0 saturated carbocycles. The lowest BCUT2D eigenvalue weighted by Crippen LogP contribution is -2.29. The van der Waals surface area contributed by atoms with Gasteiger partial charge in [-0.15, -0.1) is 0 Å². The van der Waals surface area contributed by atoms with Gasteiger partial charge in [0.2, 0.25) is 10.0 Å². The van der Waals surface area contributed by atoms with Crippen LogP contribution in [0.15, 0.2) is 48.5 Å². The van der Waals surface area contributed by atoms with E-state index in [1.54, 1.807) is 48.5 Å². The lowest BCUT2D eigenvalue weighted by molar-refractivity contribution is 0.0600.